The van der Waals surface area contributed by atoms with Crippen LogP contribution in [0.1, 0.15) is 10.4 Å². The highest BCUT2D eigenvalue weighted by Gasteiger charge is 2.14. The molecule has 0 saturated carbocycles. The van der Waals surface area contributed by atoms with E-state index in [-0.39, 0.29) is 10.6 Å². The molecular weight excluding hydrogens is 296 g/mol. The van der Waals surface area contributed by atoms with E-state index in [2.05, 4.69) is 10.3 Å². The quantitative estimate of drug-likeness (QED) is 0.908. The van der Waals surface area contributed by atoms with Gasteiger partial charge >= 0.3 is 0 Å². The van der Waals surface area contributed by atoms with Gasteiger partial charge in [0.25, 0.3) is 11.5 Å². The van der Waals surface area contributed by atoms with Crippen LogP contribution < -0.4 is 20.3 Å². The zero-order valence-electron chi connectivity index (χ0n) is 11.4. The summed E-state index contributed by atoms with van der Waals surface area (Å²) in [6, 6.07) is 6.23. The van der Waals surface area contributed by atoms with Crippen LogP contribution in [0.2, 0.25) is 5.02 Å². The number of methoxy groups -OCH3 is 2. The fourth-order valence-corrected chi connectivity index (χ4v) is 1.89. The molecule has 0 radical (unpaired) electrons. The standard InChI is InChI=1S/C14H13ClN2O4/c1-20-9-3-4-12(21-2)11(6-9)17-14(19)10-5-8(15)7-16-13(10)18/h3-7H,1-2H3,(H,16,18)(H,17,19). The van der Waals surface area contributed by atoms with Gasteiger partial charge in [-0.05, 0) is 18.2 Å². The predicted molar refractivity (Wildman–Crippen MR) is 79.6 cm³/mol. The van der Waals surface area contributed by atoms with Crippen molar-refractivity contribution in [2.24, 2.45) is 0 Å². The van der Waals surface area contributed by atoms with Crippen molar-refractivity contribution in [1.82, 2.24) is 4.98 Å². The Bertz CT molecular complexity index is 727. The molecule has 0 aliphatic carbocycles. The van der Waals surface area contributed by atoms with Gasteiger partial charge in [0, 0.05) is 12.3 Å². The number of anilines is 1. The normalized spacial score (nSPS) is 10.0. The molecule has 1 amide bonds. The van der Waals surface area contributed by atoms with E-state index in [1.807, 2.05) is 0 Å². The van der Waals surface area contributed by atoms with Gasteiger partial charge in [0.05, 0.1) is 24.9 Å². The number of aromatic amines is 1. The summed E-state index contributed by atoms with van der Waals surface area (Å²) in [5.41, 5.74) is -0.229. The molecule has 0 bridgehead atoms. The summed E-state index contributed by atoms with van der Waals surface area (Å²) < 4.78 is 10.2. The molecule has 2 rings (SSSR count). The summed E-state index contributed by atoms with van der Waals surface area (Å²) in [4.78, 5) is 26.2. The molecule has 2 aromatic rings. The minimum atomic E-state index is -0.592. The molecule has 21 heavy (non-hydrogen) atoms. The number of rotatable bonds is 4. The summed E-state index contributed by atoms with van der Waals surface area (Å²) in [7, 11) is 2.98. The van der Waals surface area contributed by atoms with Crippen LogP contribution in [0.15, 0.2) is 35.3 Å². The zero-order chi connectivity index (χ0) is 15.4. The Morgan fingerprint density at radius 1 is 1.24 bits per heavy atom. The van der Waals surface area contributed by atoms with Crippen LogP contribution in [0.5, 0.6) is 11.5 Å². The average molecular weight is 309 g/mol. The molecule has 1 aromatic carbocycles. The van der Waals surface area contributed by atoms with Crippen molar-refractivity contribution < 1.29 is 14.3 Å². The molecule has 0 aliphatic rings. The Morgan fingerprint density at radius 2 is 2.00 bits per heavy atom. The fraction of sp³-hybridized carbons (Fsp3) is 0.143. The minimum Gasteiger partial charge on any atom is -0.497 e. The van der Waals surface area contributed by atoms with E-state index < -0.39 is 11.5 Å². The van der Waals surface area contributed by atoms with Crippen molar-refractivity contribution in [2.45, 2.75) is 0 Å². The Kier molecular flexibility index (Phi) is 4.49. The van der Waals surface area contributed by atoms with Crippen LogP contribution in [-0.4, -0.2) is 25.1 Å². The molecule has 110 valence electrons. The van der Waals surface area contributed by atoms with Crippen molar-refractivity contribution in [3.63, 3.8) is 0 Å². The van der Waals surface area contributed by atoms with E-state index in [0.717, 1.165) is 0 Å². The zero-order valence-corrected chi connectivity index (χ0v) is 12.2. The third-order valence-corrected chi connectivity index (χ3v) is 2.99. The number of benzene rings is 1. The van der Waals surface area contributed by atoms with Gasteiger partial charge in [0.15, 0.2) is 0 Å². The number of hydrogen-bond acceptors (Lipinski definition) is 4. The maximum absolute atomic E-state index is 12.2. The number of hydrogen-bond donors (Lipinski definition) is 2. The highest BCUT2D eigenvalue weighted by atomic mass is 35.5. The van der Waals surface area contributed by atoms with Gasteiger partial charge in [0.1, 0.15) is 17.1 Å². The Hall–Kier alpha value is -2.47. The number of carbonyl (C=O) groups excluding carboxylic acids is 1. The van der Waals surface area contributed by atoms with Gasteiger partial charge in [0.2, 0.25) is 0 Å². The van der Waals surface area contributed by atoms with Crippen LogP contribution in [0.3, 0.4) is 0 Å². The average Bonchev–Trinajstić information content (AvgIpc) is 2.49. The molecule has 0 atom stereocenters. The SMILES string of the molecule is COc1ccc(OC)c(NC(=O)c2cc(Cl)c[nH]c2=O)c1. The summed E-state index contributed by atoms with van der Waals surface area (Å²) >= 11 is 5.78. The first-order chi connectivity index (χ1) is 10.0. The molecule has 2 N–H and O–H groups in total. The van der Waals surface area contributed by atoms with Crippen LogP contribution in [-0.2, 0) is 0 Å². The van der Waals surface area contributed by atoms with Crippen molar-refractivity contribution in [2.75, 3.05) is 19.5 Å². The molecule has 7 heteroatoms. The van der Waals surface area contributed by atoms with Crippen LogP contribution >= 0.6 is 11.6 Å². The van der Waals surface area contributed by atoms with E-state index in [0.29, 0.717) is 17.2 Å². The van der Waals surface area contributed by atoms with Gasteiger partial charge in [-0.1, -0.05) is 11.6 Å². The number of nitrogens with one attached hydrogen (secondary N) is 2. The topological polar surface area (TPSA) is 80.4 Å². The van der Waals surface area contributed by atoms with Gasteiger partial charge in [-0.2, -0.15) is 0 Å². The second-order valence-electron chi connectivity index (χ2n) is 4.08. The van der Waals surface area contributed by atoms with Gasteiger partial charge in [-0.25, -0.2) is 0 Å². The number of aromatic nitrogens is 1. The predicted octanol–water partition coefficient (Wildman–Crippen LogP) is 2.30. The lowest BCUT2D eigenvalue weighted by atomic mass is 10.2. The van der Waals surface area contributed by atoms with E-state index >= 15 is 0 Å². The molecule has 0 fully saturated rings. The first kappa shape index (κ1) is 14.9. The second kappa shape index (κ2) is 6.32. The van der Waals surface area contributed by atoms with E-state index in [1.54, 1.807) is 18.2 Å². The summed E-state index contributed by atoms with van der Waals surface area (Å²) in [5, 5.41) is 2.86. The number of H-pyrrole nitrogens is 1. The fourth-order valence-electron chi connectivity index (χ4n) is 1.73. The first-order valence-corrected chi connectivity index (χ1v) is 6.34. The van der Waals surface area contributed by atoms with Crippen molar-refractivity contribution in [3.05, 3.63) is 51.4 Å². The van der Waals surface area contributed by atoms with E-state index in [4.69, 9.17) is 21.1 Å². The van der Waals surface area contributed by atoms with Gasteiger partial charge < -0.3 is 19.8 Å². The number of pyridine rings is 1. The van der Waals surface area contributed by atoms with E-state index in [1.165, 1.54) is 26.5 Å². The number of halogens is 1. The lowest BCUT2D eigenvalue weighted by Crippen LogP contribution is -2.23. The number of carbonyl (C=O) groups is 1. The summed E-state index contributed by atoms with van der Waals surface area (Å²) in [6.07, 6.45) is 1.31. The monoisotopic (exact) mass is 308 g/mol. The number of ether oxygens (including phenoxy) is 2. The maximum atomic E-state index is 12.2. The summed E-state index contributed by atoms with van der Waals surface area (Å²) in [6.45, 7) is 0. The van der Waals surface area contributed by atoms with Crippen LogP contribution in [0.25, 0.3) is 0 Å². The molecule has 1 aromatic heterocycles. The third kappa shape index (κ3) is 3.35. The minimum absolute atomic E-state index is 0.0904. The van der Waals surface area contributed by atoms with E-state index in [9.17, 15) is 9.59 Å². The molecule has 0 unspecified atom stereocenters. The molecule has 0 aliphatic heterocycles. The summed E-state index contributed by atoms with van der Waals surface area (Å²) in [5.74, 6) is 0.402. The van der Waals surface area contributed by atoms with Gasteiger partial charge in [-0.15, -0.1) is 0 Å². The Balaban J connectivity index is 2.35. The van der Waals surface area contributed by atoms with Crippen LogP contribution in [0, 0.1) is 0 Å². The molecule has 1 heterocycles. The van der Waals surface area contributed by atoms with Crippen molar-refractivity contribution >= 4 is 23.2 Å². The molecule has 0 saturated heterocycles. The Labute approximate surface area is 125 Å². The highest BCUT2D eigenvalue weighted by Crippen LogP contribution is 2.29. The highest BCUT2D eigenvalue weighted by molar-refractivity contribution is 6.30. The second-order valence-corrected chi connectivity index (χ2v) is 4.52. The smallest absolute Gasteiger partial charge is 0.261 e. The van der Waals surface area contributed by atoms with Crippen molar-refractivity contribution in [1.29, 1.82) is 0 Å². The van der Waals surface area contributed by atoms with Crippen LogP contribution in [0.4, 0.5) is 5.69 Å². The molecule has 0 spiro atoms. The van der Waals surface area contributed by atoms with Crippen molar-refractivity contribution in [3.8, 4) is 11.5 Å². The molecule has 6 nitrogen and oxygen atoms in total. The number of amides is 1. The maximum Gasteiger partial charge on any atom is 0.261 e. The lowest BCUT2D eigenvalue weighted by Gasteiger charge is -2.11. The van der Waals surface area contributed by atoms with Gasteiger partial charge in [-0.3, -0.25) is 9.59 Å². The Morgan fingerprint density at radius 3 is 2.67 bits per heavy atom. The third-order valence-electron chi connectivity index (χ3n) is 2.77. The largest absolute Gasteiger partial charge is 0.497 e. The lowest BCUT2D eigenvalue weighted by molar-refractivity contribution is 0.102. The molecular formula is C14H13ClN2O4. The first-order valence-electron chi connectivity index (χ1n) is 5.96.